The molecule has 0 aliphatic heterocycles. The summed E-state index contributed by atoms with van der Waals surface area (Å²) in [7, 11) is 0. The average Bonchev–Trinajstić information content (AvgIpc) is 2.25. The molecule has 2 nitrogen and oxygen atoms in total. The van der Waals surface area contributed by atoms with Gasteiger partial charge in [-0.1, -0.05) is 38.3 Å². The zero-order valence-electron chi connectivity index (χ0n) is 11.1. The molecule has 0 saturated heterocycles. The average molecular weight is 250 g/mol. The SMILES string of the molecule is CCCCCCc1ccc(S(=O)O)cc1.[H-].[Na+]. The monoisotopic (exact) mass is 250 g/mol. The Hall–Kier alpha value is 0.330. The first-order valence-corrected chi connectivity index (χ1v) is 6.54. The first-order valence-electron chi connectivity index (χ1n) is 5.44. The van der Waals surface area contributed by atoms with Crippen molar-refractivity contribution >= 4 is 11.1 Å². The van der Waals surface area contributed by atoms with Crippen LogP contribution in [0.25, 0.3) is 0 Å². The molecular formula is C12H19NaO2S. The van der Waals surface area contributed by atoms with Gasteiger partial charge in [0.15, 0.2) is 11.1 Å². The molecule has 0 heterocycles. The first-order chi connectivity index (χ1) is 7.24. The van der Waals surface area contributed by atoms with E-state index in [1.54, 1.807) is 12.1 Å². The molecule has 1 rings (SSSR count). The topological polar surface area (TPSA) is 37.3 Å². The Morgan fingerprint density at radius 1 is 1.19 bits per heavy atom. The quantitative estimate of drug-likeness (QED) is 0.454. The fourth-order valence-corrected chi connectivity index (χ4v) is 1.90. The summed E-state index contributed by atoms with van der Waals surface area (Å²) in [5.74, 6) is 0. The van der Waals surface area contributed by atoms with Gasteiger partial charge in [0.25, 0.3) is 0 Å². The minimum Gasteiger partial charge on any atom is -1.00 e. The van der Waals surface area contributed by atoms with Gasteiger partial charge < -0.3 is 5.98 Å². The zero-order chi connectivity index (χ0) is 11.1. The van der Waals surface area contributed by atoms with Crippen molar-refractivity contribution in [1.29, 1.82) is 0 Å². The number of unbranched alkanes of at least 4 members (excludes halogenated alkanes) is 3. The Morgan fingerprint density at radius 2 is 1.81 bits per heavy atom. The Kier molecular flexibility index (Phi) is 9.56. The van der Waals surface area contributed by atoms with Gasteiger partial charge in [0, 0.05) is 0 Å². The summed E-state index contributed by atoms with van der Waals surface area (Å²) in [6.07, 6.45) is 6.08. The van der Waals surface area contributed by atoms with Crippen molar-refractivity contribution in [3.05, 3.63) is 29.8 Å². The zero-order valence-corrected chi connectivity index (χ0v) is 12.9. The number of hydrogen-bond acceptors (Lipinski definition) is 1. The third-order valence-electron chi connectivity index (χ3n) is 2.44. The second kappa shape index (κ2) is 9.37. The van der Waals surface area contributed by atoms with E-state index in [0.29, 0.717) is 4.90 Å². The fraction of sp³-hybridized carbons (Fsp3) is 0.500. The maximum atomic E-state index is 10.7. The van der Waals surface area contributed by atoms with E-state index in [2.05, 4.69) is 6.92 Å². The summed E-state index contributed by atoms with van der Waals surface area (Å²) in [4.78, 5) is 0.479. The van der Waals surface area contributed by atoms with Crippen LogP contribution in [-0.4, -0.2) is 8.76 Å². The molecule has 86 valence electrons. The van der Waals surface area contributed by atoms with E-state index in [-0.39, 0.29) is 31.0 Å². The normalized spacial score (nSPS) is 11.9. The van der Waals surface area contributed by atoms with Gasteiger partial charge in [-0.2, -0.15) is 0 Å². The smallest absolute Gasteiger partial charge is 1.00 e. The van der Waals surface area contributed by atoms with Crippen LogP contribution in [0.5, 0.6) is 0 Å². The van der Waals surface area contributed by atoms with E-state index in [1.165, 1.54) is 31.2 Å². The second-order valence-electron chi connectivity index (χ2n) is 3.70. The maximum Gasteiger partial charge on any atom is 1.00 e. The number of rotatable bonds is 6. The van der Waals surface area contributed by atoms with Crippen molar-refractivity contribution in [1.82, 2.24) is 0 Å². The molecule has 4 heteroatoms. The minimum absolute atomic E-state index is 0. The molecule has 0 amide bonds. The summed E-state index contributed by atoms with van der Waals surface area (Å²) in [5, 5.41) is 0. The van der Waals surface area contributed by atoms with Crippen LogP contribution in [0.2, 0.25) is 0 Å². The van der Waals surface area contributed by atoms with Crippen LogP contribution in [0, 0.1) is 0 Å². The molecule has 0 aliphatic rings. The van der Waals surface area contributed by atoms with Crippen LogP contribution in [0.15, 0.2) is 29.2 Å². The van der Waals surface area contributed by atoms with Crippen LogP contribution < -0.4 is 29.6 Å². The Balaban J connectivity index is 0. The predicted octanol–water partition coefficient (Wildman–Crippen LogP) is 0.507. The van der Waals surface area contributed by atoms with Crippen molar-refractivity contribution in [2.24, 2.45) is 0 Å². The fourth-order valence-electron chi connectivity index (χ4n) is 1.53. The first kappa shape index (κ1) is 16.3. The van der Waals surface area contributed by atoms with E-state index in [4.69, 9.17) is 4.55 Å². The molecule has 1 aromatic rings. The second-order valence-corrected chi connectivity index (χ2v) is 4.67. The largest absolute Gasteiger partial charge is 1.00 e. The van der Waals surface area contributed by atoms with E-state index in [1.807, 2.05) is 12.1 Å². The van der Waals surface area contributed by atoms with Crippen LogP contribution >= 0.6 is 0 Å². The molecule has 16 heavy (non-hydrogen) atoms. The molecular weight excluding hydrogens is 231 g/mol. The third kappa shape index (κ3) is 6.16. The molecule has 1 unspecified atom stereocenters. The predicted molar refractivity (Wildman–Crippen MR) is 64.4 cm³/mol. The summed E-state index contributed by atoms with van der Waals surface area (Å²) in [6.45, 7) is 2.20. The van der Waals surface area contributed by atoms with Crippen LogP contribution in [0.4, 0.5) is 0 Å². The number of benzene rings is 1. The maximum absolute atomic E-state index is 10.7. The summed E-state index contributed by atoms with van der Waals surface area (Å²) in [6, 6.07) is 7.33. The van der Waals surface area contributed by atoms with Gasteiger partial charge in [0.05, 0.1) is 4.90 Å². The van der Waals surface area contributed by atoms with Gasteiger partial charge in [-0.15, -0.1) is 0 Å². The van der Waals surface area contributed by atoms with Crippen molar-refractivity contribution in [3.8, 4) is 0 Å². The summed E-state index contributed by atoms with van der Waals surface area (Å²) >= 11 is -1.85. The van der Waals surface area contributed by atoms with E-state index in [0.717, 1.165) is 6.42 Å². The van der Waals surface area contributed by atoms with Crippen molar-refractivity contribution in [2.75, 3.05) is 0 Å². The Morgan fingerprint density at radius 3 is 2.31 bits per heavy atom. The number of aryl methyl sites for hydroxylation is 1. The van der Waals surface area contributed by atoms with Crippen molar-refractivity contribution in [3.63, 3.8) is 0 Å². The van der Waals surface area contributed by atoms with Gasteiger partial charge in [-0.25, -0.2) is 4.21 Å². The molecule has 0 fully saturated rings. The molecule has 0 bridgehead atoms. The Bertz CT molecular complexity index is 317. The number of hydrogen-bond donors (Lipinski definition) is 1. The molecule has 1 atom stereocenters. The Labute approximate surface area is 124 Å². The van der Waals surface area contributed by atoms with Crippen molar-refractivity contribution < 1.29 is 39.7 Å². The van der Waals surface area contributed by atoms with Crippen LogP contribution in [0.3, 0.4) is 0 Å². The van der Waals surface area contributed by atoms with Gasteiger partial charge in [0.2, 0.25) is 0 Å². The minimum atomic E-state index is -1.85. The van der Waals surface area contributed by atoms with Crippen LogP contribution in [0.1, 0.15) is 39.6 Å². The van der Waals surface area contributed by atoms with Crippen LogP contribution in [-0.2, 0) is 17.5 Å². The standard InChI is InChI=1S/C12H18O2S.Na.H/c1-2-3-4-5-6-11-7-9-12(10-8-11)15(13)14;;/h7-10H,2-6H2,1H3,(H,13,14);;/q;+1;-1. The van der Waals surface area contributed by atoms with Gasteiger partial charge in [-0.05, 0) is 30.5 Å². The molecule has 0 aliphatic carbocycles. The summed E-state index contributed by atoms with van der Waals surface area (Å²) in [5.41, 5.74) is 1.25. The molecule has 0 spiro atoms. The van der Waals surface area contributed by atoms with Gasteiger partial charge in [0.1, 0.15) is 0 Å². The van der Waals surface area contributed by atoms with E-state index < -0.39 is 11.1 Å². The third-order valence-corrected chi connectivity index (χ3v) is 3.12. The molecule has 1 N–H and O–H groups in total. The van der Waals surface area contributed by atoms with Crippen molar-refractivity contribution in [2.45, 2.75) is 43.9 Å². The summed E-state index contributed by atoms with van der Waals surface area (Å²) < 4.78 is 19.6. The van der Waals surface area contributed by atoms with Gasteiger partial charge in [-0.3, -0.25) is 0 Å². The molecule has 0 aromatic heterocycles. The van der Waals surface area contributed by atoms with E-state index in [9.17, 15) is 4.21 Å². The molecule has 1 aromatic carbocycles. The van der Waals surface area contributed by atoms with E-state index >= 15 is 0 Å². The molecule has 0 saturated carbocycles. The molecule has 0 radical (unpaired) electrons. The van der Waals surface area contributed by atoms with Gasteiger partial charge >= 0.3 is 29.6 Å².